The minimum Gasteiger partial charge on any atom is -0.338 e. The van der Waals surface area contributed by atoms with Crippen LogP contribution in [0.25, 0.3) is 11.0 Å². The molecule has 0 N–H and O–H groups in total. The Morgan fingerprint density at radius 3 is 2.58 bits per heavy atom. The predicted molar refractivity (Wildman–Crippen MR) is 104 cm³/mol. The molecular weight excluding hydrogens is 346 g/mol. The molecule has 1 atom stereocenters. The summed E-state index contributed by atoms with van der Waals surface area (Å²) in [6.07, 6.45) is 0.932. The minimum absolute atomic E-state index is 0.0430. The van der Waals surface area contributed by atoms with Gasteiger partial charge < -0.3 is 4.90 Å². The number of fused-ring (bicyclic) bond motifs is 1. The molecule has 26 heavy (non-hydrogen) atoms. The molecule has 4 rings (SSSR count). The van der Waals surface area contributed by atoms with E-state index in [0.29, 0.717) is 12.1 Å². The second-order valence-electron chi connectivity index (χ2n) is 6.86. The van der Waals surface area contributed by atoms with Crippen LogP contribution in [0.4, 0.5) is 0 Å². The number of carbonyl (C=O) groups excluding carboxylic acids is 1. The summed E-state index contributed by atoms with van der Waals surface area (Å²) in [6, 6.07) is 13.5. The molecular formula is C21H20ClN3O. The van der Waals surface area contributed by atoms with Crippen LogP contribution in [0, 0.1) is 13.8 Å². The lowest BCUT2D eigenvalue weighted by Crippen LogP contribution is -2.28. The van der Waals surface area contributed by atoms with Crippen LogP contribution in [-0.4, -0.2) is 33.9 Å². The third-order valence-corrected chi connectivity index (χ3v) is 5.49. The van der Waals surface area contributed by atoms with Gasteiger partial charge in [0.2, 0.25) is 0 Å². The predicted octanol–water partition coefficient (Wildman–Crippen LogP) is 4.53. The molecule has 0 bridgehead atoms. The molecule has 1 fully saturated rings. The number of rotatable bonds is 2. The Kier molecular flexibility index (Phi) is 4.37. The van der Waals surface area contributed by atoms with Crippen LogP contribution in [0.5, 0.6) is 0 Å². The molecule has 0 saturated carbocycles. The maximum atomic E-state index is 12.9. The molecule has 1 aliphatic heterocycles. The van der Waals surface area contributed by atoms with Crippen molar-refractivity contribution in [1.29, 1.82) is 0 Å². The number of hydrogen-bond acceptors (Lipinski definition) is 3. The Bertz CT molecular complexity index is 1000. The number of likely N-dealkylation sites (tertiary alicyclic amines) is 1. The first-order valence-corrected chi connectivity index (χ1v) is 9.19. The molecule has 2 aromatic carbocycles. The molecule has 132 valence electrons. The summed E-state index contributed by atoms with van der Waals surface area (Å²) in [6.45, 7) is 5.31. The van der Waals surface area contributed by atoms with Crippen LogP contribution >= 0.6 is 11.6 Å². The summed E-state index contributed by atoms with van der Waals surface area (Å²) in [7, 11) is 0. The average Bonchev–Trinajstić information content (AvgIpc) is 3.12. The summed E-state index contributed by atoms with van der Waals surface area (Å²) >= 11 is 6.32. The molecule has 5 heteroatoms. The fourth-order valence-corrected chi connectivity index (χ4v) is 3.84. The maximum Gasteiger partial charge on any atom is 0.253 e. The highest BCUT2D eigenvalue weighted by molar-refractivity contribution is 6.31. The second-order valence-corrected chi connectivity index (χ2v) is 7.26. The van der Waals surface area contributed by atoms with Crippen LogP contribution in [0.1, 0.15) is 39.6 Å². The van der Waals surface area contributed by atoms with Crippen molar-refractivity contribution in [2.24, 2.45) is 0 Å². The van der Waals surface area contributed by atoms with E-state index in [2.05, 4.69) is 16.0 Å². The third-order valence-electron chi connectivity index (χ3n) is 5.14. The normalized spacial score (nSPS) is 17.0. The van der Waals surface area contributed by atoms with Crippen LogP contribution in [0.2, 0.25) is 5.02 Å². The number of aryl methyl sites for hydroxylation is 2. The van der Waals surface area contributed by atoms with Crippen molar-refractivity contribution in [3.8, 4) is 0 Å². The Morgan fingerprint density at radius 2 is 1.81 bits per heavy atom. The lowest BCUT2D eigenvalue weighted by atomic mass is 9.98. The van der Waals surface area contributed by atoms with Gasteiger partial charge in [-0.1, -0.05) is 29.8 Å². The molecule has 0 spiro atoms. The lowest BCUT2D eigenvalue weighted by Gasteiger charge is -2.17. The zero-order valence-corrected chi connectivity index (χ0v) is 15.6. The molecule has 4 nitrogen and oxygen atoms in total. The zero-order chi connectivity index (χ0) is 18.3. The minimum atomic E-state index is 0.0430. The van der Waals surface area contributed by atoms with Crippen molar-refractivity contribution in [2.45, 2.75) is 26.2 Å². The van der Waals surface area contributed by atoms with Crippen molar-refractivity contribution >= 4 is 28.5 Å². The number of benzene rings is 2. The van der Waals surface area contributed by atoms with Gasteiger partial charge in [-0.2, -0.15) is 0 Å². The smallest absolute Gasteiger partial charge is 0.253 e. The monoisotopic (exact) mass is 365 g/mol. The van der Waals surface area contributed by atoms with Gasteiger partial charge in [0.05, 0.1) is 22.4 Å². The van der Waals surface area contributed by atoms with E-state index in [0.717, 1.165) is 46.0 Å². The Labute approximate surface area is 157 Å². The quantitative estimate of drug-likeness (QED) is 0.670. The van der Waals surface area contributed by atoms with E-state index < -0.39 is 0 Å². The fraction of sp³-hybridized carbons (Fsp3) is 0.286. The zero-order valence-electron chi connectivity index (χ0n) is 14.9. The number of hydrogen-bond donors (Lipinski definition) is 0. The van der Waals surface area contributed by atoms with Crippen LogP contribution in [0.15, 0.2) is 42.5 Å². The van der Waals surface area contributed by atoms with E-state index in [9.17, 15) is 4.79 Å². The van der Waals surface area contributed by atoms with Gasteiger partial charge in [-0.05, 0) is 50.1 Å². The SMILES string of the molecule is Cc1nc2ccc(C(=O)N3CC[C@H](c4ccccc4Cl)C3)cc2nc1C. The highest BCUT2D eigenvalue weighted by Gasteiger charge is 2.29. The van der Waals surface area contributed by atoms with Crippen molar-refractivity contribution in [3.05, 3.63) is 70.0 Å². The Balaban J connectivity index is 1.57. The molecule has 0 unspecified atom stereocenters. The largest absolute Gasteiger partial charge is 0.338 e. The highest BCUT2D eigenvalue weighted by atomic mass is 35.5. The summed E-state index contributed by atoms with van der Waals surface area (Å²) in [5, 5.41) is 0.777. The van der Waals surface area contributed by atoms with Gasteiger partial charge in [-0.15, -0.1) is 0 Å². The molecule has 0 aliphatic carbocycles. The van der Waals surface area contributed by atoms with E-state index in [4.69, 9.17) is 11.6 Å². The van der Waals surface area contributed by atoms with Crippen molar-refractivity contribution in [3.63, 3.8) is 0 Å². The van der Waals surface area contributed by atoms with Gasteiger partial charge in [0.15, 0.2) is 0 Å². The van der Waals surface area contributed by atoms with Crippen LogP contribution in [-0.2, 0) is 0 Å². The topological polar surface area (TPSA) is 46.1 Å². The van der Waals surface area contributed by atoms with Crippen LogP contribution < -0.4 is 0 Å². The molecule has 1 aromatic heterocycles. The van der Waals surface area contributed by atoms with E-state index in [1.165, 1.54) is 0 Å². The third kappa shape index (κ3) is 3.06. The standard InChI is InChI=1S/C21H20ClN3O/c1-13-14(2)24-20-11-15(7-8-19(20)23-13)21(26)25-10-9-16(12-25)17-5-3-4-6-18(17)22/h3-8,11,16H,9-10,12H2,1-2H3/t16-/m0/s1. The number of carbonyl (C=O) groups is 1. The van der Waals surface area contributed by atoms with Gasteiger partial charge in [-0.3, -0.25) is 4.79 Å². The van der Waals surface area contributed by atoms with E-state index >= 15 is 0 Å². The van der Waals surface area contributed by atoms with Gasteiger partial charge in [0.1, 0.15) is 0 Å². The number of halogens is 1. The first-order valence-electron chi connectivity index (χ1n) is 8.81. The first kappa shape index (κ1) is 17.0. The fourth-order valence-electron chi connectivity index (χ4n) is 3.55. The second kappa shape index (κ2) is 6.69. The lowest BCUT2D eigenvalue weighted by molar-refractivity contribution is 0.0791. The van der Waals surface area contributed by atoms with Gasteiger partial charge in [0, 0.05) is 29.6 Å². The summed E-state index contributed by atoms with van der Waals surface area (Å²) in [5.41, 5.74) is 5.18. The molecule has 1 amide bonds. The highest BCUT2D eigenvalue weighted by Crippen LogP contribution is 2.32. The van der Waals surface area contributed by atoms with Crippen molar-refractivity contribution in [2.75, 3.05) is 13.1 Å². The van der Waals surface area contributed by atoms with Crippen molar-refractivity contribution in [1.82, 2.24) is 14.9 Å². The van der Waals surface area contributed by atoms with E-state index in [-0.39, 0.29) is 11.8 Å². The molecule has 0 radical (unpaired) electrons. The molecule has 1 aliphatic rings. The number of amides is 1. The van der Waals surface area contributed by atoms with Gasteiger partial charge in [0.25, 0.3) is 5.91 Å². The van der Waals surface area contributed by atoms with E-state index in [1.54, 1.807) is 0 Å². The van der Waals surface area contributed by atoms with Gasteiger partial charge >= 0.3 is 0 Å². The average molecular weight is 366 g/mol. The molecule has 3 aromatic rings. The van der Waals surface area contributed by atoms with Gasteiger partial charge in [-0.25, -0.2) is 9.97 Å². The Morgan fingerprint density at radius 1 is 1.08 bits per heavy atom. The summed E-state index contributed by atoms with van der Waals surface area (Å²) < 4.78 is 0. The molecule has 1 saturated heterocycles. The number of nitrogens with zero attached hydrogens (tertiary/aromatic N) is 3. The Hall–Kier alpha value is -2.46. The first-order chi connectivity index (χ1) is 12.5. The van der Waals surface area contributed by atoms with Crippen molar-refractivity contribution < 1.29 is 4.79 Å². The summed E-state index contributed by atoms with van der Waals surface area (Å²) in [4.78, 5) is 24.0. The number of aromatic nitrogens is 2. The van der Waals surface area contributed by atoms with E-state index in [1.807, 2.05) is 55.1 Å². The molecule has 2 heterocycles. The van der Waals surface area contributed by atoms with Crippen LogP contribution in [0.3, 0.4) is 0 Å². The maximum absolute atomic E-state index is 12.9. The summed E-state index contributed by atoms with van der Waals surface area (Å²) in [5.74, 6) is 0.333.